The number of carbonyl (C=O) groups is 1. The van der Waals surface area contributed by atoms with Crippen molar-refractivity contribution < 1.29 is 9.90 Å². The average Bonchev–Trinajstić information content (AvgIpc) is 2.03. The van der Waals surface area contributed by atoms with E-state index in [2.05, 4.69) is 15.9 Å². The zero-order chi connectivity index (χ0) is 10.0. The smallest absolute Gasteiger partial charge is 0.169 e. The molecule has 0 amide bonds. The van der Waals surface area contributed by atoms with Gasteiger partial charge in [0.05, 0.1) is 5.56 Å². The summed E-state index contributed by atoms with van der Waals surface area (Å²) < 4.78 is 0.769. The Kier molecular flexibility index (Phi) is 3.09. The molecular formula is C10H11BrO2. The molecule has 0 saturated carbocycles. The highest BCUT2D eigenvalue weighted by atomic mass is 79.9. The number of hydrogen-bond acceptors (Lipinski definition) is 2. The molecule has 70 valence electrons. The number of Topliss-reactive ketones (excluding diaryl/α,β-unsaturated/α-hetero) is 1. The number of ketones is 1. The molecule has 1 aromatic carbocycles. The molecule has 0 fully saturated rings. The number of halogens is 1. The molecule has 0 aliphatic carbocycles. The third-order valence-corrected chi connectivity index (χ3v) is 2.24. The maximum absolute atomic E-state index is 11.5. The Morgan fingerprint density at radius 3 is 2.54 bits per heavy atom. The zero-order valence-corrected chi connectivity index (χ0v) is 9.13. The van der Waals surface area contributed by atoms with Gasteiger partial charge in [0.15, 0.2) is 5.78 Å². The molecule has 0 aromatic heterocycles. The van der Waals surface area contributed by atoms with Crippen LogP contribution in [-0.4, -0.2) is 10.9 Å². The van der Waals surface area contributed by atoms with Gasteiger partial charge in [-0.05, 0) is 18.2 Å². The molecular weight excluding hydrogens is 232 g/mol. The maximum atomic E-state index is 11.5. The molecule has 0 atom stereocenters. The molecule has 0 heterocycles. The van der Waals surface area contributed by atoms with Gasteiger partial charge in [-0.3, -0.25) is 4.79 Å². The van der Waals surface area contributed by atoms with Gasteiger partial charge in [0, 0.05) is 10.4 Å². The summed E-state index contributed by atoms with van der Waals surface area (Å²) in [5.41, 5.74) is 0.387. The molecule has 0 unspecified atom stereocenters. The molecule has 2 nitrogen and oxygen atoms in total. The lowest BCUT2D eigenvalue weighted by atomic mass is 10.0. The normalized spacial score (nSPS) is 10.5. The second kappa shape index (κ2) is 3.92. The van der Waals surface area contributed by atoms with Crippen molar-refractivity contribution in [2.24, 2.45) is 5.92 Å². The highest BCUT2D eigenvalue weighted by Gasteiger charge is 2.14. The van der Waals surface area contributed by atoms with E-state index in [-0.39, 0.29) is 17.5 Å². The minimum Gasteiger partial charge on any atom is -0.507 e. The summed E-state index contributed by atoms with van der Waals surface area (Å²) in [7, 11) is 0. The molecule has 1 N–H and O–H groups in total. The average molecular weight is 243 g/mol. The van der Waals surface area contributed by atoms with Crippen LogP contribution in [0.2, 0.25) is 0 Å². The van der Waals surface area contributed by atoms with Crippen LogP contribution in [-0.2, 0) is 0 Å². The molecule has 0 spiro atoms. The summed E-state index contributed by atoms with van der Waals surface area (Å²) in [4.78, 5) is 11.5. The summed E-state index contributed by atoms with van der Waals surface area (Å²) in [6, 6.07) is 4.90. The van der Waals surface area contributed by atoms with Gasteiger partial charge in [-0.15, -0.1) is 0 Å². The predicted octanol–water partition coefficient (Wildman–Crippen LogP) is 2.99. The quantitative estimate of drug-likeness (QED) is 0.810. The van der Waals surface area contributed by atoms with E-state index in [9.17, 15) is 9.90 Å². The Morgan fingerprint density at radius 2 is 2.08 bits per heavy atom. The fourth-order valence-corrected chi connectivity index (χ4v) is 1.37. The molecule has 0 aliphatic rings. The Labute approximate surface area is 85.7 Å². The van der Waals surface area contributed by atoms with E-state index in [1.54, 1.807) is 12.1 Å². The molecule has 0 saturated heterocycles. The Morgan fingerprint density at radius 1 is 1.46 bits per heavy atom. The number of phenolic OH excluding ortho intramolecular Hbond substituents is 1. The van der Waals surface area contributed by atoms with E-state index in [1.165, 1.54) is 6.07 Å². The van der Waals surface area contributed by atoms with Crippen LogP contribution in [0, 0.1) is 5.92 Å². The number of benzene rings is 1. The van der Waals surface area contributed by atoms with Crippen molar-refractivity contribution in [3.63, 3.8) is 0 Å². The first-order chi connectivity index (χ1) is 6.02. The predicted molar refractivity (Wildman–Crippen MR) is 55.0 cm³/mol. The molecule has 0 radical (unpaired) electrons. The van der Waals surface area contributed by atoms with Crippen LogP contribution in [0.25, 0.3) is 0 Å². The first-order valence-electron chi connectivity index (χ1n) is 4.05. The lowest BCUT2D eigenvalue weighted by Gasteiger charge is -2.06. The molecule has 3 heteroatoms. The monoisotopic (exact) mass is 242 g/mol. The fraction of sp³-hybridized carbons (Fsp3) is 0.300. The van der Waals surface area contributed by atoms with Gasteiger partial charge in [0.25, 0.3) is 0 Å². The third-order valence-electron chi connectivity index (χ3n) is 1.75. The third kappa shape index (κ3) is 2.31. The summed E-state index contributed by atoms with van der Waals surface area (Å²) >= 11 is 3.21. The Balaban J connectivity index is 3.09. The van der Waals surface area contributed by atoms with E-state index in [1.807, 2.05) is 13.8 Å². The topological polar surface area (TPSA) is 37.3 Å². The first-order valence-corrected chi connectivity index (χ1v) is 4.84. The number of phenols is 1. The number of hydrogen-bond donors (Lipinski definition) is 1. The van der Waals surface area contributed by atoms with Crippen molar-refractivity contribution >= 4 is 21.7 Å². The van der Waals surface area contributed by atoms with Crippen LogP contribution < -0.4 is 0 Å². The lowest BCUT2D eigenvalue weighted by Crippen LogP contribution is -2.07. The van der Waals surface area contributed by atoms with Crippen LogP contribution in [0.3, 0.4) is 0 Å². The number of aromatic hydroxyl groups is 1. The largest absolute Gasteiger partial charge is 0.507 e. The van der Waals surface area contributed by atoms with E-state index < -0.39 is 0 Å². The van der Waals surface area contributed by atoms with Crippen LogP contribution in [0.1, 0.15) is 24.2 Å². The zero-order valence-electron chi connectivity index (χ0n) is 7.54. The summed E-state index contributed by atoms with van der Waals surface area (Å²) in [6.45, 7) is 3.62. The van der Waals surface area contributed by atoms with Gasteiger partial charge in [-0.2, -0.15) is 0 Å². The number of rotatable bonds is 2. The maximum Gasteiger partial charge on any atom is 0.169 e. The van der Waals surface area contributed by atoms with Crippen LogP contribution in [0.5, 0.6) is 5.75 Å². The molecule has 1 rings (SSSR count). The standard InChI is InChI=1S/C10H11BrO2/c1-6(2)10(13)8-4-3-7(11)5-9(8)12/h3-6,12H,1-2H3. The van der Waals surface area contributed by atoms with Crippen LogP contribution in [0.4, 0.5) is 0 Å². The van der Waals surface area contributed by atoms with E-state index in [0.29, 0.717) is 5.56 Å². The van der Waals surface area contributed by atoms with Crippen LogP contribution in [0.15, 0.2) is 22.7 Å². The lowest BCUT2D eigenvalue weighted by molar-refractivity contribution is 0.0936. The van der Waals surface area contributed by atoms with Gasteiger partial charge in [-0.1, -0.05) is 29.8 Å². The van der Waals surface area contributed by atoms with Gasteiger partial charge in [-0.25, -0.2) is 0 Å². The summed E-state index contributed by atoms with van der Waals surface area (Å²) in [5, 5.41) is 9.46. The highest BCUT2D eigenvalue weighted by molar-refractivity contribution is 9.10. The van der Waals surface area contributed by atoms with Crippen molar-refractivity contribution in [1.82, 2.24) is 0 Å². The summed E-state index contributed by atoms with van der Waals surface area (Å²) in [6.07, 6.45) is 0. The fourth-order valence-electron chi connectivity index (χ4n) is 1.02. The van der Waals surface area contributed by atoms with Crippen molar-refractivity contribution in [3.05, 3.63) is 28.2 Å². The molecule has 1 aromatic rings. The first kappa shape index (κ1) is 10.3. The second-order valence-electron chi connectivity index (χ2n) is 3.18. The van der Waals surface area contributed by atoms with Crippen LogP contribution >= 0.6 is 15.9 Å². The number of carbonyl (C=O) groups excluding carboxylic acids is 1. The minimum atomic E-state index is -0.0907. The van der Waals surface area contributed by atoms with E-state index in [0.717, 1.165) is 4.47 Å². The van der Waals surface area contributed by atoms with Gasteiger partial charge in [0.2, 0.25) is 0 Å². The SMILES string of the molecule is CC(C)C(=O)c1ccc(Br)cc1O. The summed E-state index contributed by atoms with van der Waals surface area (Å²) in [5.74, 6) is -0.0925. The van der Waals surface area contributed by atoms with Crippen molar-refractivity contribution in [2.75, 3.05) is 0 Å². The van der Waals surface area contributed by atoms with Crippen molar-refractivity contribution in [2.45, 2.75) is 13.8 Å². The van der Waals surface area contributed by atoms with Crippen molar-refractivity contribution in [3.8, 4) is 5.75 Å². The van der Waals surface area contributed by atoms with Crippen molar-refractivity contribution in [1.29, 1.82) is 0 Å². The Bertz CT molecular complexity index is 332. The van der Waals surface area contributed by atoms with Gasteiger partial charge < -0.3 is 5.11 Å². The highest BCUT2D eigenvalue weighted by Crippen LogP contribution is 2.24. The molecule has 13 heavy (non-hydrogen) atoms. The van der Waals surface area contributed by atoms with Gasteiger partial charge in [0.1, 0.15) is 5.75 Å². The van der Waals surface area contributed by atoms with Gasteiger partial charge >= 0.3 is 0 Å². The van der Waals surface area contributed by atoms with E-state index in [4.69, 9.17) is 0 Å². The molecule has 0 aliphatic heterocycles. The van der Waals surface area contributed by atoms with E-state index >= 15 is 0 Å². The molecule has 0 bridgehead atoms. The minimum absolute atomic E-state index is 0.0353. The second-order valence-corrected chi connectivity index (χ2v) is 4.10. The Hall–Kier alpha value is -0.830.